The second-order valence-electron chi connectivity index (χ2n) is 7.21. The zero-order chi connectivity index (χ0) is 22.9. The maximum absolute atomic E-state index is 12.3. The molecule has 6 heteroatoms. The van der Waals surface area contributed by atoms with E-state index in [1.165, 1.54) is 6.92 Å². The minimum atomic E-state index is -0.624. The molecule has 0 saturated carbocycles. The minimum Gasteiger partial charge on any atom is -0.457 e. The molecule has 6 nitrogen and oxygen atoms in total. The molecule has 3 aromatic carbocycles. The lowest BCUT2D eigenvalue weighted by Gasteiger charge is -2.07. The second kappa shape index (κ2) is 10.8. The molecule has 0 saturated heterocycles. The van der Waals surface area contributed by atoms with Crippen molar-refractivity contribution in [3.63, 3.8) is 0 Å². The second-order valence-corrected chi connectivity index (χ2v) is 7.21. The number of hydrogen-bond donors (Lipinski definition) is 1. The van der Waals surface area contributed by atoms with Crippen LogP contribution >= 0.6 is 0 Å². The van der Waals surface area contributed by atoms with Crippen molar-refractivity contribution in [2.24, 2.45) is 0 Å². The van der Waals surface area contributed by atoms with Gasteiger partial charge in [-0.15, -0.1) is 0 Å². The Morgan fingerprint density at radius 1 is 0.719 bits per heavy atom. The van der Waals surface area contributed by atoms with Crippen LogP contribution in [0.15, 0.2) is 78.9 Å². The summed E-state index contributed by atoms with van der Waals surface area (Å²) < 4.78 is 5.01. The smallest absolute Gasteiger partial charge is 0.306 e. The average molecular weight is 429 g/mol. The molecule has 32 heavy (non-hydrogen) atoms. The highest BCUT2D eigenvalue weighted by Crippen LogP contribution is 2.19. The first kappa shape index (κ1) is 22.6. The quantitative estimate of drug-likeness (QED) is 0.393. The number of Topliss-reactive ketones (excluding diaryl/α,β-unsaturated/α-hetero) is 2. The van der Waals surface area contributed by atoms with Crippen LogP contribution in [0.25, 0.3) is 11.1 Å². The summed E-state index contributed by atoms with van der Waals surface area (Å²) in [5, 5.41) is 2.65. The van der Waals surface area contributed by atoms with Crippen LogP contribution in [0.2, 0.25) is 0 Å². The summed E-state index contributed by atoms with van der Waals surface area (Å²) in [6, 6.07) is 23.3. The zero-order valence-electron chi connectivity index (χ0n) is 17.7. The van der Waals surface area contributed by atoms with E-state index in [1.54, 1.807) is 36.4 Å². The number of nitrogens with one attached hydrogen (secondary N) is 1. The van der Waals surface area contributed by atoms with Crippen LogP contribution in [-0.4, -0.2) is 30.0 Å². The van der Waals surface area contributed by atoms with E-state index < -0.39 is 5.97 Å². The fraction of sp³-hybridized carbons (Fsp3) is 0.154. The molecule has 0 unspecified atom stereocenters. The van der Waals surface area contributed by atoms with Gasteiger partial charge in [0.1, 0.15) is 0 Å². The van der Waals surface area contributed by atoms with Gasteiger partial charge in [0.2, 0.25) is 5.91 Å². The SMILES string of the molecule is CC(=O)c1ccc(NC(=O)CCC(=O)OCC(=O)c2ccc(-c3ccccc3)cc2)cc1. The van der Waals surface area contributed by atoms with E-state index in [1.807, 2.05) is 42.5 Å². The molecule has 3 rings (SSSR count). The Hall–Kier alpha value is -4.06. The van der Waals surface area contributed by atoms with Crippen molar-refractivity contribution >= 4 is 29.1 Å². The molecule has 162 valence electrons. The Bertz CT molecular complexity index is 1100. The molecule has 0 radical (unpaired) electrons. The highest BCUT2D eigenvalue weighted by atomic mass is 16.5. The molecule has 0 aliphatic carbocycles. The lowest BCUT2D eigenvalue weighted by Crippen LogP contribution is -2.17. The number of amides is 1. The van der Waals surface area contributed by atoms with Gasteiger partial charge in [-0.2, -0.15) is 0 Å². The first-order valence-electron chi connectivity index (χ1n) is 10.2. The molecule has 0 atom stereocenters. The van der Waals surface area contributed by atoms with Crippen molar-refractivity contribution < 1.29 is 23.9 Å². The largest absolute Gasteiger partial charge is 0.457 e. The van der Waals surface area contributed by atoms with Crippen LogP contribution in [0.1, 0.15) is 40.5 Å². The standard InChI is InChI=1S/C26H23NO5/c1-18(28)19-11-13-23(14-12-19)27-25(30)15-16-26(31)32-17-24(29)22-9-7-21(8-10-22)20-5-3-2-4-6-20/h2-14H,15-17H2,1H3,(H,27,30). The Morgan fingerprint density at radius 3 is 1.94 bits per heavy atom. The highest BCUT2D eigenvalue weighted by Gasteiger charge is 2.12. The third-order valence-corrected chi connectivity index (χ3v) is 4.81. The Morgan fingerprint density at radius 2 is 1.31 bits per heavy atom. The van der Waals surface area contributed by atoms with Gasteiger partial charge < -0.3 is 10.1 Å². The number of carbonyl (C=O) groups is 4. The summed E-state index contributed by atoms with van der Waals surface area (Å²) in [6.45, 7) is 1.08. The van der Waals surface area contributed by atoms with Crippen LogP contribution in [0.5, 0.6) is 0 Å². The first-order valence-corrected chi connectivity index (χ1v) is 10.2. The molecule has 0 bridgehead atoms. The summed E-state index contributed by atoms with van der Waals surface area (Å²) in [4.78, 5) is 47.4. The number of hydrogen-bond acceptors (Lipinski definition) is 5. The van der Waals surface area contributed by atoms with Gasteiger partial charge in [-0.05, 0) is 42.3 Å². The molecule has 0 aliphatic heterocycles. The fourth-order valence-electron chi connectivity index (χ4n) is 3.01. The Kier molecular flexibility index (Phi) is 7.65. The van der Waals surface area contributed by atoms with E-state index in [9.17, 15) is 19.2 Å². The minimum absolute atomic E-state index is 0.0627. The topological polar surface area (TPSA) is 89.5 Å². The van der Waals surface area contributed by atoms with Crippen LogP contribution < -0.4 is 5.32 Å². The summed E-state index contributed by atoms with van der Waals surface area (Å²) in [6.07, 6.45) is -0.217. The summed E-state index contributed by atoms with van der Waals surface area (Å²) >= 11 is 0. The summed E-state index contributed by atoms with van der Waals surface area (Å²) in [5.41, 5.74) is 3.56. The predicted molar refractivity (Wildman–Crippen MR) is 121 cm³/mol. The number of anilines is 1. The number of rotatable bonds is 9. The maximum Gasteiger partial charge on any atom is 0.306 e. The Balaban J connectivity index is 1.41. The van der Waals surface area contributed by atoms with Crippen molar-refractivity contribution in [1.82, 2.24) is 0 Å². The van der Waals surface area contributed by atoms with E-state index in [0.29, 0.717) is 16.8 Å². The van der Waals surface area contributed by atoms with E-state index in [4.69, 9.17) is 4.74 Å². The molecule has 0 aromatic heterocycles. The van der Waals surface area contributed by atoms with Gasteiger partial charge in [0.05, 0.1) is 6.42 Å². The van der Waals surface area contributed by atoms with Crippen molar-refractivity contribution in [2.75, 3.05) is 11.9 Å². The lowest BCUT2D eigenvalue weighted by molar-refractivity contribution is -0.143. The fourth-order valence-corrected chi connectivity index (χ4v) is 3.01. The molecular weight excluding hydrogens is 406 g/mol. The van der Waals surface area contributed by atoms with Crippen LogP contribution in [-0.2, 0) is 14.3 Å². The van der Waals surface area contributed by atoms with E-state index in [0.717, 1.165) is 11.1 Å². The zero-order valence-corrected chi connectivity index (χ0v) is 17.7. The average Bonchev–Trinajstić information content (AvgIpc) is 2.82. The number of ether oxygens (including phenoxy) is 1. The van der Waals surface area contributed by atoms with Gasteiger partial charge in [-0.1, -0.05) is 54.6 Å². The number of ketones is 2. The molecule has 0 fully saturated rings. The van der Waals surface area contributed by atoms with E-state index in [-0.39, 0.29) is 36.9 Å². The third kappa shape index (κ3) is 6.47. The van der Waals surface area contributed by atoms with Gasteiger partial charge in [0, 0.05) is 23.2 Å². The monoisotopic (exact) mass is 429 g/mol. The summed E-state index contributed by atoms with van der Waals surface area (Å²) in [5.74, 6) is -1.36. The van der Waals surface area contributed by atoms with Gasteiger partial charge in [-0.25, -0.2) is 0 Å². The Labute approximate surface area is 186 Å². The highest BCUT2D eigenvalue weighted by molar-refractivity contribution is 5.99. The summed E-state index contributed by atoms with van der Waals surface area (Å²) in [7, 11) is 0. The van der Waals surface area contributed by atoms with Crippen molar-refractivity contribution in [3.05, 3.63) is 90.0 Å². The molecular formula is C26H23NO5. The van der Waals surface area contributed by atoms with Crippen molar-refractivity contribution in [2.45, 2.75) is 19.8 Å². The predicted octanol–water partition coefficient (Wildman–Crippen LogP) is 4.70. The van der Waals surface area contributed by atoms with Crippen LogP contribution in [0.3, 0.4) is 0 Å². The number of esters is 1. The van der Waals surface area contributed by atoms with Gasteiger partial charge in [-0.3, -0.25) is 19.2 Å². The molecule has 0 aliphatic rings. The van der Waals surface area contributed by atoms with Crippen LogP contribution in [0.4, 0.5) is 5.69 Å². The lowest BCUT2D eigenvalue weighted by atomic mass is 10.0. The van der Waals surface area contributed by atoms with Gasteiger partial charge >= 0.3 is 5.97 Å². The third-order valence-electron chi connectivity index (χ3n) is 4.81. The van der Waals surface area contributed by atoms with Gasteiger partial charge in [0.25, 0.3) is 0 Å². The molecule has 1 amide bonds. The van der Waals surface area contributed by atoms with E-state index >= 15 is 0 Å². The van der Waals surface area contributed by atoms with Gasteiger partial charge in [0.15, 0.2) is 18.2 Å². The first-order chi connectivity index (χ1) is 15.4. The van der Waals surface area contributed by atoms with Crippen molar-refractivity contribution in [3.8, 4) is 11.1 Å². The molecule has 1 N–H and O–H groups in total. The molecule has 3 aromatic rings. The maximum atomic E-state index is 12.3. The number of carbonyl (C=O) groups excluding carboxylic acids is 4. The van der Waals surface area contributed by atoms with E-state index in [2.05, 4.69) is 5.32 Å². The van der Waals surface area contributed by atoms with Crippen LogP contribution in [0, 0.1) is 0 Å². The molecule has 0 heterocycles. The van der Waals surface area contributed by atoms with Crippen molar-refractivity contribution in [1.29, 1.82) is 0 Å². The number of benzene rings is 3. The normalized spacial score (nSPS) is 10.3. The molecule has 0 spiro atoms.